The summed E-state index contributed by atoms with van der Waals surface area (Å²) in [4.78, 5) is 8.74. The van der Waals surface area contributed by atoms with Crippen molar-refractivity contribution in [3.05, 3.63) is 71.9 Å². The highest BCUT2D eigenvalue weighted by Crippen LogP contribution is 2.18. The maximum absolute atomic E-state index is 5.15. The van der Waals surface area contributed by atoms with E-state index in [1.165, 1.54) is 11.1 Å². The molecule has 0 aliphatic carbocycles. The zero-order valence-electron chi connectivity index (χ0n) is 13.8. The van der Waals surface area contributed by atoms with Crippen molar-refractivity contribution in [3.63, 3.8) is 0 Å². The number of aryl methyl sites for hydroxylation is 1. The molecule has 2 aromatic carbocycles. The van der Waals surface area contributed by atoms with Crippen LogP contribution in [0, 0.1) is 6.92 Å². The standard InChI is InChI=1S/C19H20N4O/c1-14-4-3-5-15(12-14)13-21-18-10-11-20-19(23-18)22-16-6-8-17(24-2)9-7-16/h3-12H,13H2,1-2H3,(H2,20,21,22,23). The zero-order valence-corrected chi connectivity index (χ0v) is 13.8. The summed E-state index contributed by atoms with van der Waals surface area (Å²) in [6.07, 6.45) is 1.73. The highest BCUT2D eigenvalue weighted by Gasteiger charge is 2.01. The first-order valence-corrected chi connectivity index (χ1v) is 7.76. The van der Waals surface area contributed by atoms with Gasteiger partial charge in [-0.25, -0.2) is 4.98 Å². The maximum Gasteiger partial charge on any atom is 0.229 e. The number of ether oxygens (including phenoxy) is 1. The second-order valence-corrected chi connectivity index (χ2v) is 5.46. The molecule has 0 spiro atoms. The van der Waals surface area contributed by atoms with Gasteiger partial charge < -0.3 is 15.4 Å². The van der Waals surface area contributed by atoms with Gasteiger partial charge in [-0.05, 0) is 42.8 Å². The van der Waals surface area contributed by atoms with Gasteiger partial charge in [-0.1, -0.05) is 29.8 Å². The van der Waals surface area contributed by atoms with Crippen molar-refractivity contribution in [3.8, 4) is 5.75 Å². The average Bonchev–Trinajstić information content (AvgIpc) is 2.61. The van der Waals surface area contributed by atoms with E-state index in [4.69, 9.17) is 4.74 Å². The van der Waals surface area contributed by atoms with E-state index in [0.29, 0.717) is 5.95 Å². The summed E-state index contributed by atoms with van der Waals surface area (Å²) < 4.78 is 5.15. The molecule has 5 heteroatoms. The van der Waals surface area contributed by atoms with Crippen molar-refractivity contribution in [2.75, 3.05) is 17.7 Å². The minimum atomic E-state index is 0.550. The molecule has 0 amide bonds. The number of rotatable bonds is 6. The van der Waals surface area contributed by atoms with E-state index in [2.05, 4.69) is 51.8 Å². The van der Waals surface area contributed by atoms with Crippen molar-refractivity contribution in [1.82, 2.24) is 9.97 Å². The van der Waals surface area contributed by atoms with Gasteiger partial charge in [-0.15, -0.1) is 0 Å². The molecule has 0 aliphatic heterocycles. The predicted octanol–water partition coefficient (Wildman–Crippen LogP) is 4.15. The average molecular weight is 320 g/mol. The lowest BCUT2D eigenvalue weighted by atomic mass is 10.1. The summed E-state index contributed by atoms with van der Waals surface area (Å²) in [7, 11) is 1.65. The van der Waals surface area contributed by atoms with Gasteiger partial charge in [-0.3, -0.25) is 0 Å². The SMILES string of the molecule is COc1ccc(Nc2nccc(NCc3cccc(C)c3)n2)cc1. The quantitative estimate of drug-likeness (QED) is 0.714. The molecule has 1 aromatic heterocycles. The van der Waals surface area contributed by atoms with Crippen molar-refractivity contribution in [1.29, 1.82) is 0 Å². The molecule has 0 radical (unpaired) electrons. The van der Waals surface area contributed by atoms with Gasteiger partial charge in [0.15, 0.2) is 0 Å². The van der Waals surface area contributed by atoms with Crippen LogP contribution in [-0.4, -0.2) is 17.1 Å². The number of aromatic nitrogens is 2. The van der Waals surface area contributed by atoms with Crippen molar-refractivity contribution in [2.45, 2.75) is 13.5 Å². The fourth-order valence-corrected chi connectivity index (χ4v) is 2.34. The molecule has 0 saturated carbocycles. The molecule has 2 N–H and O–H groups in total. The van der Waals surface area contributed by atoms with E-state index in [0.717, 1.165) is 23.8 Å². The number of nitrogens with zero attached hydrogens (tertiary/aromatic N) is 2. The monoisotopic (exact) mass is 320 g/mol. The molecule has 0 bridgehead atoms. The van der Waals surface area contributed by atoms with Crippen molar-refractivity contribution >= 4 is 17.5 Å². The highest BCUT2D eigenvalue weighted by atomic mass is 16.5. The molecule has 3 aromatic rings. The van der Waals surface area contributed by atoms with Crippen LogP contribution in [0.25, 0.3) is 0 Å². The Labute approximate surface area is 141 Å². The Kier molecular flexibility index (Phi) is 4.91. The van der Waals surface area contributed by atoms with Crippen LogP contribution < -0.4 is 15.4 Å². The van der Waals surface area contributed by atoms with E-state index in [9.17, 15) is 0 Å². The molecule has 0 saturated heterocycles. The predicted molar refractivity (Wildman–Crippen MR) is 96.8 cm³/mol. The van der Waals surface area contributed by atoms with E-state index in [1.807, 2.05) is 30.3 Å². The molecule has 1 heterocycles. The number of benzene rings is 2. The Morgan fingerprint density at radius 3 is 2.62 bits per heavy atom. The fraction of sp³-hybridized carbons (Fsp3) is 0.158. The maximum atomic E-state index is 5.15. The lowest BCUT2D eigenvalue weighted by Crippen LogP contribution is -2.04. The van der Waals surface area contributed by atoms with Crippen molar-refractivity contribution in [2.24, 2.45) is 0 Å². The van der Waals surface area contributed by atoms with Gasteiger partial charge in [-0.2, -0.15) is 4.98 Å². The molecule has 0 atom stereocenters. The van der Waals surface area contributed by atoms with Crippen LogP contribution in [0.3, 0.4) is 0 Å². The second kappa shape index (κ2) is 7.46. The summed E-state index contributed by atoms with van der Waals surface area (Å²) >= 11 is 0. The summed E-state index contributed by atoms with van der Waals surface area (Å²) in [5, 5.41) is 6.51. The first-order valence-electron chi connectivity index (χ1n) is 7.76. The van der Waals surface area contributed by atoms with Gasteiger partial charge in [0.25, 0.3) is 0 Å². The number of nitrogens with one attached hydrogen (secondary N) is 2. The van der Waals surface area contributed by atoms with E-state index >= 15 is 0 Å². The van der Waals surface area contributed by atoms with Gasteiger partial charge in [0.2, 0.25) is 5.95 Å². The van der Waals surface area contributed by atoms with Crippen LogP contribution in [0.2, 0.25) is 0 Å². The van der Waals surface area contributed by atoms with Crippen LogP contribution in [-0.2, 0) is 6.54 Å². The topological polar surface area (TPSA) is 59.1 Å². The Hall–Kier alpha value is -3.08. The molecular weight excluding hydrogens is 300 g/mol. The molecule has 122 valence electrons. The zero-order chi connectivity index (χ0) is 16.8. The van der Waals surface area contributed by atoms with Gasteiger partial charge in [0, 0.05) is 18.4 Å². The third kappa shape index (κ3) is 4.23. The third-order valence-electron chi connectivity index (χ3n) is 3.56. The molecular formula is C19H20N4O. The summed E-state index contributed by atoms with van der Waals surface area (Å²) in [5.74, 6) is 2.15. The van der Waals surface area contributed by atoms with Gasteiger partial charge in [0.05, 0.1) is 7.11 Å². The van der Waals surface area contributed by atoms with E-state index in [-0.39, 0.29) is 0 Å². The van der Waals surface area contributed by atoms with Crippen LogP contribution in [0.5, 0.6) is 5.75 Å². The smallest absolute Gasteiger partial charge is 0.229 e. The number of anilines is 3. The Bertz CT molecular complexity index is 802. The fourth-order valence-electron chi connectivity index (χ4n) is 2.34. The van der Waals surface area contributed by atoms with Crippen LogP contribution in [0.4, 0.5) is 17.5 Å². The molecule has 5 nitrogen and oxygen atoms in total. The minimum Gasteiger partial charge on any atom is -0.497 e. The van der Waals surface area contributed by atoms with Gasteiger partial charge >= 0.3 is 0 Å². The molecule has 0 aliphatic rings. The van der Waals surface area contributed by atoms with Crippen LogP contribution in [0.15, 0.2) is 60.8 Å². The van der Waals surface area contributed by atoms with Crippen LogP contribution >= 0.6 is 0 Å². The lowest BCUT2D eigenvalue weighted by Gasteiger charge is -2.09. The molecule has 0 fully saturated rings. The Morgan fingerprint density at radius 1 is 1.04 bits per heavy atom. The number of hydrogen-bond acceptors (Lipinski definition) is 5. The van der Waals surface area contributed by atoms with Crippen LogP contribution in [0.1, 0.15) is 11.1 Å². The Balaban J connectivity index is 1.65. The van der Waals surface area contributed by atoms with E-state index in [1.54, 1.807) is 13.3 Å². The Morgan fingerprint density at radius 2 is 1.88 bits per heavy atom. The first kappa shape index (κ1) is 15.8. The van der Waals surface area contributed by atoms with Gasteiger partial charge in [0.1, 0.15) is 11.6 Å². The van der Waals surface area contributed by atoms with E-state index < -0.39 is 0 Å². The summed E-state index contributed by atoms with van der Waals surface area (Å²) in [6.45, 7) is 2.81. The number of methoxy groups -OCH3 is 1. The molecule has 3 rings (SSSR count). The normalized spacial score (nSPS) is 10.2. The summed E-state index contributed by atoms with van der Waals surface area (Å²) in [6, 6.07) is 17.9. The summed E-state index contributed by atoms with van der Waals surface area (Å²) in [5.41, 5.74) is 3.38. The highest BCUT2D eigenvalue weighted by molar-refractivity contribution is 5.55. The largest absolute Gasteiger partial charge is 0.497 e. The van der Waals surface area contributed by atoms with Crippen molar-refractivity contribution < 1.29 is 4.74 Å². The third-order valence-corrected chi connectivity index (χ3v) is 3.56. The molecule has 24 heavy (non-hydrogen) atoms. The molecule has 0 unspecified atom stereocenters. The minimum absolute atomic E-state index is 0.550. The second-order valence-electron chi connectivity index (χ2n) is 5.46. The first-order chi connectivity index (χ1) is 11.7. The lowest BCUT2D eigenvalue weighted by molar-refractivity contribution is 0.415. The number of hydrogen-bond donors (Lipinski definition) is 2.